The first-order valence-electron chi connectivity index (χ1n) is 6.07. The van der Waals surface area contributed by atoms with Gasteiger partial charge in [-0.15, -0.1) is 0 Å². The first-order valence-corrected chi connectivity index (χ1v) is 6.07. The molecule has 1 heterocycles. The van der Waals surface area contributed by atoms with Crippen molar-refractivity contribution in [3.63, 3.8) is 0 Å². The largest absolute Gasteiger partial charge is 0.467 e. The van der Waals surface area contributed by atoms with E-state index in [0.29, 0.717) is 12.5 Å². The first kappa shape index (κ1) is 14.1. The zero-order valence-electron chi connectivity index (χ0n) is 10.8. The number of aliphatic imine (C=N–C) groups is 1. The van der Waals surface area contributed by atoms with E-state index in [-0.39, 0.29) is 12.5 Å². The van der Waals surface area contributed by atoms with Crippen LogP contribution >= 0.6 is 0 Å². The standard InChI is InChI=1S/C12H20N4O2/c1-3-13-12(14-4-2)16-9-11(17)15-8-10-6-5-7-18-10/h5-7H,3-4,8-9H2,1-2H3,(H,15,17)(H2,13,14,16). The molecule has 0 atom stereocenters. The summed E-state index contributed by atoms with van der Waals surface area (Å²) in [6, 6.07) is 3.60. The molecule has 6 heteroatoms. The van der Waals surface area contributed by atoms with Crippen LogP contribution in [-0.4, -0.2) is 31.5 Å². The van der Waals surface area contributed by atoms with Gasteiger partial charge in [-0.05, 0) is 26.0 Å². The quantitative estimate of drug-likeness (QED) is 0.508. The summed E-state index contributed by atoms with van der Waals surface area (Å²) in [5.41, 5.74) is 0. The van der Waals surface area contributed by atoms with Crippen molar-refractivity contribution in [3.8, 4) is 0 Å². The van der Waals surface area contributed by atoms with Crippen molar-refractivity contribution >= 4 is 11.9 Å². The lowest BCUT2D eigenvalue weighted by molar-refractivity contribution is -0.119. The van der Waals surface area contributed by atoms with E-state index in [4.69, 9.17) is 4.42 Å². The van der Waals surface area contributed by atoms with E-state index in [1.54, 1.807) is 12.3 Å². The molecule has 0 aliphatic carbocycles. The van der Waals surface area contributed by atoms with Crippen LogP contribution in [0.3, 0.4) is 0 Å². The van der Waals surface area contributed by atoms with Gasteiger partial charge in [-0.2, -0.15) is 0 Å². The van der Waals surface area contributed by atoms with Crippen LogP contribution in [0.15, 0.2) is 27.8 Å². The molecule has 18 heavy (non-hydrogen) atoms. The molecule has 0 fully saturated rings. The smallest absolute Gasteiger partial charge is 0.242 e. The summed E-state index contributed by atoms with van der Waals surface area (Å²) < 4.78 is 5.11. The van der Waals surface area contributed by atoms with E-state index in [1.807, 2.05) is 19.9 Å². The van der Waals surface area contributed by atoms with Gasteiger partial charge in [-0.1, -0.05) is 0 Å². The van der Waals surface area contributed by atoms with Gasteiger partial charge in [0.2, 0.25) is 5.91 Å². The molecular formula is C12H20N4O2. The van der Waals surface area contributed by atoms with Gasteiger partial charge in [0.15, 0.2) is 5.96 Å². The van der Waals surface area contributed by atoms with E-state index < -0.39 is 0 Å². The Bertz CT molecular complexity index is 365. The van der Waals surface area contributed by atoms with Crippen LogP contribution in [-0.2, 0) is 11.3 Å². The molecule has 0 bridgehead atoms. The molecule has 1 rings (SSSR count). The van der Waals surface area contributed by atoms with Gasteiger partial charge < -0.3 is 20.4 Å². The zero-order valence-corrected chi connectivity index (χ0v) is 10.8. The number of nitrogens with zero attached hydrogens (tertiary/aromatic N) is 1. The average Bonchev–Trinajstić information content (AvgIpc) is 2.87. The Morgan fingerprint density at radius 3 is 2.56 bits per heavy atom. The lowest BCUT2D eigenvalue weighted by Crippen LogP contribution is -2.38. The van der Waals surface area contributed by atoms with Gasteiger partial charge in [0.1, 0.15) is 12.3 Å². The minimum Gasteiger partial charge on any atom is -0.467 e. The van der Waals surface area contributed by atoms with Crippen molar-refractivity contribution in [3.05, 3.63) is 24.2 Å². The van der Waals surface area contributed by atoms with Gasteiger partial charge in [-0.25, -0.2) is 4.99 Å². The van der Waals surface area contributed by atoms with Crippen LogP contribution in [0.1, 0.15) is 19.6 Å². The molecule has 1 amide bonds. The Hall–Kier alpha value is -1.98. The highest BCUT2D eigenvalue weighted by molar-refractivity contribution is 5.84. The summed E-state index contributed by atoms with van der Waals surface area (Å²) >= 11 is 0. The van der Waals surface area contributed by atoms with Crippen molar-refractivity contribution in [1.82, 2.24) is 16.0 Å². The lowest BCUT2D eigenvalue weighted by Gasteiger charge is -2.08. The monoisotopic (exact) mass is 252 g/mol. The SMILES string of the molecule is CCNC(=NCC(=O)NCc1ccco1)NCC. The molecule has 0 aliphatic rings. The second-order valence-corrected chi connectivity index (χ2v) is 3.58. The molecule has 0 aliphatic heterocycles. The number of carbonyl (C=O) groups excluding carboxylic acids is 1. The van der Waals surface area contributed by atoms with Crippen LogP contribution in [0.4, 0.5) is 0 Å². The molecule has 0 saturated carbocycles. The van der Waals surface area contributed by atoms with E-state index in [0.717, 1.165) is 18.8 Å². The van der Waals surface area contributed by atoms with Gasteiger partial charge in [0.05, 0.1) is 12.8 Å². The van der Waals surface area contributed by atoms with Gasteiger partial charge in [0.25, 0.3) is 0 Å². The molecule has 1 aromatic heterocycles. The Morgan fingerprint density at radius 1 is 1.28 bits per heavy atom. The third-order valence-electron chi connectivity index (χ3n) is 2.11. The highest BCUT2D eigenvalue weighted by Gasteiger charge is 2.02. The van der Waals surface area contributed by atoms with E-state index in [2.05, 4.69) is 20.9 Å². The number of nitrogens with one attached hydrogen (secondary N) is 3. The average molecular weight is 252 g/mol. The van der Waals surface area contributed by atoms with Crippen LogP contribution in [0, 0.1) is 0 Å². The Balaban J connectivity index is 2.31. The molecule has 0 aromatic carbocycles. The predicted molar refractivity (Wildman–Crippen MR) is 70.2 cm³/mol. The Labute approximate surface area is 107 Å². The van der Waals surface area contributed by atoms with Crippen LogP contribution in [0.25, 0.3) is 0 Å². The first-order chi connectivity index (χ1) is 8.76. The summed E-state index contributed by atoms with van der Waals surface area (Å²) in [6.07, 6.45) is 1.58. The summed E-state index contributed by atoms with van der Waals surface area (Å²) in [5.74, 6) is 1.23. The number of amides is 1. The molecule has 1 aromatic rings. The topological polar surface area (TPSA) is 78.7 Å². The second-order valence-electron chi connectivity index (χ2n) is 3.58. The van der Waals surface area contributed by atoms with Crippen molar-refractivity contribution in [1.29, 1.82) is 0 Å². The summed E-state index contributed by atoms with van der Waals surface area (Å²) in [7, 11) is 0. The van der Waals surface area contributed by atoms with E-state index in [9.17, 15) is 4.79 Å². The van der Waals surface area contributed by atoms with Crippen LogP contribution in [0.5, 0.6) is 0 Å². The second kappa shape index (κ2) is 8.16. The highest BCUT2D eigenvalue weighted by Crippen LogP contribution is 1.98. The maximum Gasteiger partial charge on any atom is 0.242 e. The van der Waals surface area contributed by atoms with Crippen LogP contribution < -0.4 is 16.0 Å². The molecular weight excluding hydrogens is 232 g/mol. The molecule has 0 spiro atoms. The molecule has 0 unspecified atom stereocenters. The summed E-state index contributed by atoms with van der Waals surface area (Å²) in [6.45, 7) is 5.96. The normalized spacial score (nSPS) is 9.67. The fourth-order valence-electron chi connectivity index (χ4n) is 1.31. The van der Waals surface area contributed by atoms with E-state index >= 15 is 0 Å². The van der Waals surface area contributed by atoms with Gasteiger partial charge in [0, 0.05) is 13.1 Å². The third-order valence-corrected chi connectivity index (χ3v) is 2.11. The highest BCUT2D eigenvalue weighted by atomic mass is 16.3. The number of furan rings is 1. The minimum absolute atomic E-state index is 0.0933. The molecule has 3 N–H and O–H groups in total. The minimum atomic E-state index is -0.139. The molecule has 6 nitrogen and oxygen atoms in total. The van der Waals surface area contributed by atoms with E-state index in [1.165, 1.54) is 0 Å². The number of rotatable bonds is 6. The fraction of sp³-hybridized carbons (Fsp3) is 0.500. The lowest BCUT2D eigenvalue weighted by atomic mass is 10.4. The van der Waals surface area contributed by atoms with Crippen LogP contribution in [0.2, 0.25) is 0 Å². The predicted octanol–water partition coefficient (Wildman–Crippen LogP) is 0.471. The Kier molecular flexibility index (Phi) is 6.38. The van der Waals surface area contributed by atoms with Crippen molar-refractivity contribution < 1.29 is 9.21 Å². The molecule has 0 saturated heterocycles. The number of guanidine groups is 1. The summed E-state index contributed by atoms with van der Waals surface area (Å²) in [4.78, 5) is 15.7. The number of carbonyl (C=O) groups is 1. The Morgan fingerprint density at radius 2 is 2.00 bits per heavy atom. The summed E-state index contributed by atoms with van der Waals surface area (Å²) in [5, 5.41) is 8.83. The molecule has 0 radical (unpaired) electrons. The maximum absolute atomic E-state index is 11.5. The molecule has 100 valence electrons. The zero-order chi connectivity index (χ0) is 13.2. The van der Waals surface area contributed by atoms with Crippen molar-refractivity contribution in [2.24, 2.45) is 4.99 Å². The van der Waals surface area contributed by atoms with Gasteiger partial charge >= 0.3 is 0 Å². The maximum atomic E-state index is 11.5. The third kappa shape index (κ3) is 5.38. The van der Waals surface area contributed by atoms with Crippen molar-refractivity contribution in [2.75, 3.05) is 19.6 Å². The van der Waals surface area contributed by atoms with Gasteiger partial charge in [-0.3, -0.25) is 4.79 Å². The fourth-order valence-corrected chi connectivity index (χ4v) is 1.31. The van der Waals surface area contributed by atoms with Crippen molar-refractivity contribution in [2.45, 2.75) is 20.4 Å². The number of hydrogen-bond acceptors (Lipinski definition) is 3. The number of hydrogen-bond donors (Lipinski definition) is 3.